The number of methoxy groups -OCH3 is 1. The Labute approximate surface area is 233 Å². The van der Waals surface area contributed by atoms with Crippen molar-refractivity contribution in [3.05, 3.63) is 0 Å². The van der Waals surface area contributed by atoms with E-state index in [0.29, 0.717) is 26.2 Å². The van der Waals surface area contributed by atoms with Crippen molar-refractivity contribution in [2.24, 2.45) is 0 Å². The average Bonchev–Trinajstić information content (AvgIpc) is 2.68. The van der Waals surface area contributed by atoms with Crippen LogP contribution in [0.2, 0.25) is 65.0 Å². The van der Waals surface area contributed by atoms with E-state index in [2.05, 4.69) is 78.3 Å². The predicted molar refractivity (Wildman–Crippen MR) is 164 cm³/mol. The molecule has 0 saturated carbocycles. The lowest BCUT2D eigenvalue weighted by Gasteiger charge is -2.43. The average molecular weight is 598 g/mol. The van der Waals surface area contributed by atoms with Crippen molar-refractivity contribution >= 4 is 40.0 Å². The molecule has 0 heterocycles. The first kappa shape index (κ1) is 37.3. The first-order chi connectivity index (χ1) is 16.8. The van der Waals surface area contributed by atoms with E-state index in [1.165, 1.54) is 0 Å². The molecule has 0 spiro atoms. The van der Waals surface area contributed by atoms with Crippen LogP contribution < -0.4 is 5.32 Å². The van der Waals surface area contributed by atoms with Crippen molar-refractivity contribution < 1.29 is 31.1 Å². The molecular weight excluding hydrogens is 537 g/mol. The monoisotopic (exact) mass is 597 g/mol. The Morgan fingerprint density at radius 1 is 0.784 bits per heavy atom. The fourth-order valence-electron chi connectivity index (χ4n) is 4.15. The first-order valence-electron chi connectivity index (χ1n) is 14.0. The smallest absolute Gasteiger partial charge is 0.417 e. The number of nitrogens with one attached hydrogen (secondary N) is 1. The molecule has 37 heavy (non-hydrogen) atoms. The second-order valence-electron chi connectivity index (χ2n) is 13.5. The van der Waals surface area contributed by atoms with Crippen molar-refractivity contribution in [2.45, 2.75) is 103 Å². The molecule has 0 aromatic rings. The Morgan fingerprint density at radius 3 is 1.78 bits per heavy atom. The van der Waals surface area contributed by atoms with Crippen molar-refractivity contribution in [2.75, 3.05) is 54.1 Å². The minimum Gasteiger partial charge on any atom is -0.417 e. The maximum atomic E-state index is 10.8. The maximum absolute atomic E-state index is 10.8. The van der Waals surface area contributed by atoms with Gasteiger partial charge in [-0.15, -0.1) is 0 Å². The Morgan fingerprint density at radius 2 is 1.32 bits per heavy atom. The zero-order valence-electron chi connectivity index (χ0n) is 26.3. The van der Waals surface area contributed by atoms with Crippen LogP contribution in [0.5, 0.6) is 0 Å². The number of aldehydes is 1. The molecule has 0 radical (unpaired) electrons. The first-order valence-corrected chi connectivity index (χ1v) is 26.2. The highest BCUT2D eigenvalue weighted by atomic mass is 28.5. The molecule has 0 bridgehead atoms. The van der Waals surface area contributed by atoms with Gasteiger partial charge in [-0.1, -0.05) is 0 Å². The molecule has 0 fully saturated rings. The number of likely N-dealkylation sites (N-methyl/N-ethyl adjacent to an activating group) is 1. The van der Waals surface area contributed by atoms with Crippen LogP contribution in [0, 0.1) is 0 Å². The van der Waals surface area contributed by atoms with Crippen molar-refractivity contribution in [3.8, 4) is 0 Å². The van der Waals surface area contributed by atoms with Crippen LogP contribution in [0.4, 0.5) is 0 Å². The number of unbranched alkanes of at least 4 members (excludes halogenated alkanes) is 2. The molecule has 1 unspecified atom stereocenters. The van der Waals surface area contributed by atoms with Crippen LogP contribution in [0.1, 0.15) is 32.1 Å². The van der Waals surface area contributed by atoms with E-state index in [1.807, 2.05) is 0 Å². The Hall–Kier alpha value is 0.258. The summed E-state index contributed by atoms with van der Waals surface area (Å²) in [5, 5.41) is 3.84. The normalized spacial score (nSPS) is 14.7. The van der Waals surface area contributed by atoms with Gasteiger partial charge in [0, 0.05) is 32.5 Å². The van der Waals surface area contributed by atoms with E-state index < -0.39 is 33.8 Å². The summed E-state index contributed by atoms with van der Waals surface area (Å²) >= 11 is 0. The van der Waals surface area contributed by atoms with Gasteiger partial charge in [-0.3, -0.25) is 5.32 Å². The number of ether oxygens (including phenoxy) is 2. The quantitative estimate of drug-likeness (QED) is 0.0564. The summed E-state index contributed by atoms with van der Waals surface area (Å²) in [6, 6.07) is 0.838. The molecule has 8 nitrogen and oxygen atoms in total. The van der Waals surface area contributed by atoms with Crippen LogP contribution in [0.15, 0.2) is 0 Å². The molecule has 0 rings (SSSR count). The molecule has 0 aromatic heterocycles. The highest BCUT2D eigenvalue weighted by Gasteiger charge is 2.49. The standard InChI is InChI=1S/C25H61N2O6Si4/c1-27(2,19-21-30-23-22-29-3)25(17-14-13-15-20-28)26-18-16-24-37(31-34(4,5)6,32-35(7,8)9)33-36(10,11)12/h20,25-26H,13-19,21-24H2,1-12H3/q+1. The molecular formula is C25H61N2O6Si4+. The molecule has 0 aliphatic heterocycles. The van der Waals surface area contributed by atoms with Gasteiger partial charge in [-0.25, -0.2) is 0 Å². The Kier molecular flexibility index (Phi) is 17.3. The number of hydrogen-bond acceptors (Lipinski definition) is 7. The van der Waals surface area contributed by atoms with Crippen molar-refractivity contribution in [1.29, 1.82) is 0 Å². The van der Waals surface area contributed by atoms with E-state index in [1.54, 1.807) is 7.11 Å². The SMILES string of the molecule is COCCOCC[N+](C)(C)C(CCCCC=O)NCCC[Si](O[Si](C)(C)C)(O[Si](C)(C)C)O[Si](C)(C)C. The molecule has 1 N–H and O–H groups in total. The van der Waals surface area contributed by atoms with Gasteiger partial charge in [0.15, 0.2) is 25.0 Å². The Bertz CT molecular complexity index is 581. The van der Waals surface area contributed by atoms with Crippen molar-refractivity contribution in [3.63, 3.8) is 0 Å². The number of hydrogen-bond donors (Lipinski definition) is 1. The molecule has 0 aliphatic rings. The summed E-state index contributed by atoms with van der Waals surface area (Å²) in [7, 11) is -2.23. The molecule has 222 valence electrons. The molecule has 0 amide bonds. The van der Waals surface area contributed by atoms with Gasteiger partial charge in [0.25, 0.3) is 0 Å². The van der Waals surface area contributed by atoms with Gasteiger partial charge in [0.2, 0.25) is 0 Å². The fraction of sp³-hybridized carbons (Fsp3) is 0.960. The zero-order valence-corrected chi connectivity index (χ0v) is 30.3. The van der Waals surface area contributed by atoms with Crippen LogP contribution in [-0.2, 0) is 26.6 Å². The van der Waals surface area contributed by atoms with Gasteiger partial charge in [-0.05, 0) is 78.2 Å². The van der Waals surface area contributed by atoms with Crippen LogP contribution in [0.3, 0.4) is 0 Å². The zero-order chi connectivity index (χ0) is 28.8. The van der Waals surface area contributed by atoms with E-state index >= 15 is 0 Å². The van der Waals surface area contributed by atoms with E-state index in [-0.39, 0.29) is 6.17 Å². The summed E-state index contributed by atoms with van der Waals surface area (Å²) < 4.78 is 32.2. The van der Waals surface area contributed by atoms with Gasteiger partial charge >= 0.3 is 8.80 Å². The van der Waals surface area contributed by atoms with Crippen LogP contribution in [0.25, 0.3) is 0 Å². The highest BCUT2D eigenvalue weighted by molar-refractivity contribution is 6.90. The van der Waals surface area contributed by atoms with Gasteiger partial charge in [0.05, 0.1) is 33.9 Å². The second kappa shape index (κ2) is 17.2. The second-order valence-corrected chi connectivity index (χ2v) is 30.4. The van der Waals surface area contributed by atoms with E-state index in [9.17, 15) is 4.79 Å². The third-order valence-corrected chi connectivity index (χ3v) is 17.6. The molecule has 0 aromatic carbocycles. The molecule has 12 heteroatoms. The summed E-state index contributed by atoms with van der Waals surface area (Å²) in [6.07, 6.45) is 5.85. The maximum Gasteiger partial charge on any atom is 0.469 e. The molecule has 0 saturated heterocycles. The Balaban J connectivity index is 5.42. The number of rotatable bonds is 23. The third kappa shape index (κ3) is 19.9. The predicted octanol–water partition coefficient (Wildman–Crippen LogP) is 5.28. The van der Waals surface area contributed by atoms with Crippen LogP contribution >= 0.6 is 0 Å². The number of nitrogens with zero attached hydrogens (tertiary/aromatic N) is 1. The third-order valence-electron chi connectivity index (χ3n) is 5.56. The number of carbonyl (C=O) groups is 1. The van der Waals surface area contributed by atoms with Crippen molar-refractivity contribution in [1.82, 2.24) is 5.32 Å². The van der Waals surface area contributed by atoms with Crippen LogP contribution in [-0.4, -0.2) is 105 Å². The lowest BCUT2D eigenvalue weighted by molar-refractivity contribution is -0.919. The highest BCUT2D eigenvalue weighted by Crippen LogP contribution is 2.30. The largest absolute Gasteiger partial charge is 0.469 e. The van der Waals surface area contributed by atoms with E-state index in [0.717, 1.165) is 55.6 Å². The minimum atomic E-state index is -2.82. The van der Waals surface area contributed by atoms with Gasteiger partial charge in [0.1, 0.15) is 19.0 Å². The fourth-order valence-corrected chi connectivity index (χ4v) is 18.8. The lowest BCUT2D eigenvalue weighted by atomic mass is 10.1. The summed E-state index contributed by atoms with van der Waals surface area (Å²) in [5.74, 6) is 0. The minimum absolute atomic E-state index is 0.280. The summed E-state index contributed by atoms with van der Waals surface area (Å²) in [6.45, 7) is 23.8. The van der Waals surface area contributed by atoms with Gasteiger partial charge < -0.3 is 31.1 Å². The van der Waals surface area contributed by atoms with Gasteiger partial charge in [-0.2, -0.15) is 0 Å². The molecule has 1 atom stereocenters. The number of carbonyl (C=O) groups excluding carboxylic acids is 1. The number of quaternary nitrogens is 1. The molecule has 0 aliphatic carbocycles. The topological polar surface area (TPSA) is 75.3 Å². The lowest BCUT2D eigenvalue weighted by Crippen LogP contribution is -2.61. The summed E-state index contributed by atoms with van der Waals surface area (Å²) in [4.78, 5) is 10.8. The van der Waals surface area contributed by atoms with E-state index in [4.69, 9.17) is 21.8 Å². The summed E-state index contributed by atoms with van der Waals surface area (Å²) in [5.41, 5.74) is 0.